The maximum atomic E-state index is 4.11. The van der Waals surface area contributed by atoms with Gasteiger partial charge in [-0.05, 0) is 37.3 Å². The number of pyridine rings is 1. The second-order valence-electron chi connectivity index (χ2n) is 4.11. The molecule has 0 atom stereocenters. The van der Waals surface area contributed by atoms with Crippen LogP contribution in [0.2, 0.25) is 0 Å². The zero-order valence-corrected chi connectivity index (χ0v) is 8.25. The summed E-state index contributed by atoms with van der Waals surface area (Å²) in [7, 11) is 0. The fraction of sp³-hybridized carbons (Fsp3) is 0.545. The van der Waals surface area contributed by atoms with E-state index in [0.717, 1.165) is 5.92 Å². The second-order valence-corrected chi connectivity index (χ2v) is 4.11. The van der Waals surface area contributed by atoms with Crippen LogP contribution in [-0.2, 0) is 0 Å². The van der Waals surface area contributed by atoms with E-state index in [1.807, 2.05) is 18.5 Å². The molecule has 0 aromatic carbocycles. The quantitative estimate of drug-likeness (QED) is 0.749. The van der Waals surface area contributed by atoms with Crippen molar-refractivity contribution in [1.29, 1.82) is 0 Å². The first-order valence-electron chi connectivity index (χ1n) is 4.93. The molecule has 1 saturated carbocycles. The zero-order chi connectivity index (χ0) is 9.26. The molecule has 1 aromatic rings. The molecule has 0 spiro atoms. The van der Waals surface area contributed by atoms with Crippen LogP contribution < -0.4 is 5.32 Å². The Morgan fingerprint density at radius 2 is 2.23 bits per heavy atom. The van der Waals surface area contributed by atoms with Gasteiger partial charge in [0.1, 0.15) is 0 Å². The molecule has 0 saturated heterocycles. The van der Waals surface area contributed by atoms with E-state index in [4.69, 9.17) is 0 Å². The molecule has 1 aliphatic rings. The Morgan fingerprint density at radius 1 is 1.46 bits per heavy atom. The molecular weight excluding hydrogens is 160 g/mol. The summed E-state index contributed by atoms with van der Waals surface area (Å²) in [4.78, 5) is 4.11. The summed E-state index contributed by atoms with van der Waals surface area (Å²) in [5, 5.41) is 3.51. The first-order chi connectivity index (χ1) is 6.25. The fourth-order valence-corrected chi connectivity index (χ4v) is 1.86. The molecule has 2 heteroatoms. The van der Waals surface area contributed by atoms with E-state index in [-0.39, 0.29) is 0 Å². The Morgan fingerprint density at radius 3 is 2.85 bits per heavy atom. The van der Waals surface area contributed by atoms with Gasteiger partial charge in [-0.1, -0.05) is 6.92 Å². The second kappa shape index (κ2) is 3.36. The summed E-state index contributed by atoms with van der Waals surface area (Å²) >= 11 is 0. The van der Waals surface area contributed by atoms with Crippen LogP contribution >= 0.6 is 0 Å². The first kappa shape index (κ1) is 8.54. The number of nitrogens with one attached hydrogen (secondary N) is 1. The Kier molecular flexibility index (Phi) is 2.21. The van der Waals surface area contributed by atoms with Crippen LogP contribution in [0.15, 0.2) is 18.5 Å². The lowest BCUT2D eigenvalue weighted by atomic mass is 9.82. The summed E-state index contributed by atoms with van der Waals surface area (Å²) in [6.07, 6.45) is 6.35. The van der Waals surface area contributed by atoms with Crippen LogP contribution in [0.1, 0.15) is 25.3 Å². The lowest BCUT2D eigenvalue weighted by molar-refractivity contribution is 0.309. The van der Waals surface area contributed by atoms with Crippen molar-refractivity contribution in [3.8, 4) is 0 Å². The lowest BCUT2D eigenvalue weighted by Crippen LogP contribution is -2.33. The lowest BCUT2D eigenvalue weighted by Gasteiger charge is -2.34. The Labute approximate surface area is 79.4 Å². The van der Waals surface area contributed by atoms with Crippen molar-refractivity contribution in [3.63, 3.8) is 0 Å². The maximum absolute atomic E-state index is 4.11. The summed E-state index contributed by atoms with van der Waals surface area (Å²) in [5.74, 6) is 0.898. The van der Waals surface area contributed by atoms with E-state index in [9.17, 15) is 0 Å². The number of aryl methyl sites for hydroxylation is 1. The molecule has 0 bridgehead atoms. The minimum Gasteiger partial charge on any atom is -0.381 e. The average molecular weight is 176 g/mol. The molecule has 70 valence electrons. The third-order valence-corrected chi connectivity index (χ3v) is 2.77. The highest BCUT2D eigenvalue weighted by molar-refractivity contribution is 5.49. The van der Waals surface area contributed by atoms with Gasteiger partial charge in [-0.25, -0.2) is 0 Å². The van der Waals surface area contributed by atoms with Crippen molar-refractivity contribution in [3.05, 3.63) is 24.0 Å². The summed E-state index contributed by atoms with van der Waals surface area (Å²) in [6.45, 7) is 4.42. The number of hydrogen-bond donors (Lipinski definition) is 1. The summed E-state index contributed by atoms with van der Waals surface area (Å²) < 4.78 is 0. The van der Waals surface area contributed by atoms with Gasteiger partial charge in [0.25, 0.3) is 0 Å². The van der Waals surface area contributed by atoms with Gasteiger partial charge >= 0.3 is 0 Å². The van der Waals surface area contributed by atoms with E-state index < -0.39 is 0 Å². The fourth-order valence-electron chi connectivity index (χ4n) is 1.86. The third kappa shape index (κ3) is 1.82. The highest BCUT2D eigenvalue weighted by Gasteiger charge is 2.25. The molecule has 1 heterocycles. The van der Waals surface area contributed by atoms with Gasteiger partial charge in [-0.3, -0.25) is 4.98 Å². The first-order valence-corrected chi connectivity index (χ1v) is 4.93. The molecule has 2 nitrogen and oxygen atoms in total. The molecule has 0 unspecified atom stereocenters. The largest absolute Gasteiger partial charge is 0.381 e. The topological polar surface area (TPSA) is 24.9 Å². The Hall–Kier alpha value is -1.05. The number of aromatic nitrogens is 1. The minimum absolute atomic E-state index is 0.679. The van der Waals surface area contributed by atoms with Gasteiger partial charge in [0.05, 0.1) is 11.9 Å². The van der Waals surface area contributed by atoms with Crippen molar-refractivity contribution < 1.29 is 0 Å². The monoisotopic (exact) mass is 176 g/mol. The molecule has 2 rings (SSSR count). The molecule has 1 fully saturated rings. The van der Waals surface area contributed by atoms with Crippen molar-refractivity contribution in [2.24, 2.45) is 5.92 Å². The summed E-state index contributed by atoms with van der Waals surface area (Å²) in [5.41, 5.74) is 2.48. The predicted octanol–water partition coefficient (Wildman–Crippen LogP) is 2.60. The van der Waals surface area contributed by atoms with E-state index in [1.54, 1.807) is 0 Å². The van der Waals surface area contributed by atoms with Crippen LogP contribution in [-0.4, -0.2) is 11.0 Å². The van der Waals surface area contributed by atoms with Crippen LogP contribution in [0.25, 0.3) is 0 Å². The number of hydrogen-bond acceptors (Lipinski definition) is 2. The van der Waals surface area contributed by atoms with Crippen LogP contribution in [0, 0.1) is 12.8 Å². The van der Waals surface area contributed by atoms with Crippen molar-refractivity contribution in [2.75, 3.05) is 5.32 Å². The van der Waals surface area contributed by atoms with Gasteiger partial charge in [0.15, 0.2) is 0 Å². The van der Waals surface area contributed by atoms with E-state index >= 15 is 0 Å². The van der Waals surface area contributed by atoms with Gasteiger partial charge in [0.2, 0.25) is 0 Å². The molecule has 1 N–H and O–H groups in total. The zero-order valence-electron chi connectivity index (χ0n) is 8.25. The van der Waals surface area contributed by atoms with Gasteiger partial charge in [-0.15, -0.1) is 0 Å². The van der Waals surface area contributed by atoms with E-state index in [2.05, 4.69) is 24.1 Å². The van der Waals surface area contributed by atoms with Gasteiger partial charge < -0.3 is 5.32 Å². The highest BCUT2D eigenvalue weighted by Crippen LogP contribution is 2.29. The number of rotatable bonds is 2. The Bertz CT molecular complexity index is 290. The highest BCUT2D eigenvalue weighted by atomic mass is 14.9. The Balaban J connectivity index is 1.98. The minimum atomic E-state index is 0.679. The van der Waals surface area contributed by atoms with Crippen LogP contribution in [0.5, 0.6) is 0 Å². The summed E-state index contributed by atoms with van der Waals surface area (Å²) in [6, 6.07) is 2.72. The van der Waals surface area contributed by atoms with Crippen LogP contribution in [0.4, 0.5) is 5.69 Å². The molecule has 1 aliphatic carbocycles. The molecular formula is C11H16N2. The van der Waals surface area contributed by atoms with Crippen molar-refractivity contribution >= 4 is 5.69 Å². The molecule has 0 radical (unpaired) electrons. The molecule has 1 aromatic heterocycles. The third-order valence-electron chi connectivity index (χ3n) is 2.77. The SMILES string of the molecule is Cc1ccncc1NC1CC(C)C1. The van der Waals surface area contributed by atoms with E-state index in [1.165, 1.54) is 24.1 Å². The molecule has 0 aliphatic heterocycles. The molecule has 13 heavy (non-hydrogen) atoms. The average Bonchev–Trinajstić information content (AvgIpc) is 2.06. The number of anilines is 1. The van der Waals surface area contributed by atoms with Crippen molar-refractivity contribution in [1.82, 2.24) is 4.98 Å². The van der Waals surface area contributed by atoms with E-state index in [0.29, 0.717) is 6.04 Å². The predicted molar refractivity (Wildman–Crippen MR) is 54.8 cm³/mol. The maximum Gasteiger partial charge on any atom is 0.0558 e. The standard InChI is InChI=1S/C11H16N2/c1-8-5-10(6-8)13-11-7-12-4-3-9(11)2/h3-4,7-8,10,13H,5-6H2,1-2H3. The van der Waals surface area contributed by atoms with Crippen LogP contribution in [0.3, 0.4) is 0 Å². The van der Waals surface area contributed by atoms with Crippen molar-refractivity contribution in [2.45, 2.75) is 32.7 Å². The normalized spacial score (nSPS) is 26.6. The number of nitrogens with zero attached hydrogens (tertiary/aromatic N) is 1. The van der Waals surface area contributed by atoms with Gasteiger partial charge in [0, 0.05) is 12.2 Å². The smallest absolute Gasteiger partial charge is 0.0558 e. The molecule has 0 amide bonds. The van der Waals surface area contributed by atoms with Gasteiger partial charge in [-0.2, -0.15) is 0 Å².